The van der Waals surface area contributed by atoms with Gasteiger partial charge in [-0.1, -0.05) is 18.2 Å². The molecular weight excluding hydrogens is 340 g/mol. The molecule has 4 rings (SSSR count). The number of H-pyrrole nitrogens is 1. The lowest BCUT2D eigenvalue weighted by Crippen LogP contribution is -2.46. The van der Waals surface area contributed by atoms with Gasteiger partial charge in [-0.2, -0.15) is 0 Å². The number of piperidine rings is 1. The number of nitrogens with zero attached hydrogens (tertiary/aromatic N) is 2. The van der Waals surface area contributed by atoms with E-state index in [9.17, 15) is 9.59 Å². The third-order valence-corrected chi connectivity index (χ3v) is 5.18. The van der Waals surface area contributed by atoms with Crippen molar-refractivity contribution in [2.45, 2.75) is 25.8 Å². The highest BCUT2D eigenvalue weighted by molar-refractivity contribution is 5.97. The lowest BCUT2D eigenvalue weighted by Gasteiger charge is -2.32. The number of aryl methyl sites for hydroxylation is 1. The largest absolute Gasteiger partial charge is 0.349 e. The number of fused-ring (bicyclic) bond motifs is 1. The molecule has 27 heavy (non-hydrogen) atoms. The molecule has 2 N–H and O–H groups in total. The smallest absolute Gasteiger partial charge is 0.254 e. The SMILES string of the molecule is Cc1ccccc1C(=O)N1CCC(NC(=O)c2ccc3nc[nH]c3c2)CC1. The fourth-order valence-corrected chi connectivity index (χ4v) is 3.56. The average Bonchev–Trinajstić information content (AvgIpc) is 3.16. The molecule has 1 fully saturated rings. The molecule has 1 aromatic heterocycles. The molecule has 2 aromatic carbocycles. The van der Waals surface area contributed by atoms with E-state index in [0.29, 0.717) is 18.7 Å². The van der Waals surface area contributed by atoms with Gasteiger partial charge in [0.2, 0.25) is 0 Å². The normalized spacial score (nSPS) is 15.1. The van der Waals surface area contributed by atoms with Crippen molar-refractivity contribution in [1.29, 1.82) is 0 Å². The maximum atomic E-state index is 12.7. The van der Waals surface area contributed by atoms with Crippen LogP contribution in [0.1, 0.15) is 39.1 Å². The Morgan fingerprint density at radius 1 is 1.15 bits per heavy atom. The zero-order valence-corrected chi connectivity index (χ0v) is 15.2. The van der Waals surface area contributed by atoms with Crippen LogP contribution in [0.3, 0.4) is 0 Å². The zero-order chi connectivity index (χ0) is 18.8. The average molecular weight is 362 g/mol. The minimum Gasteiger partial charge on any atom is -0.349 e. The molecule has 2 amide bonds. The number of rotatable bonds is 3. The quantitative estimate of drug-likeness (QED) is 0.752. The molecule has 6 nitrogen and oxygen atoms in total. The first-order valence-electron chi connectivity index (χ1n) is 9.21. The van der Waals surface area contributed by atoms with Crippen LogP contribution >= 0.6 is 0 Å². The number of hydrogen-bond donors (Lipinski definition) is 2. The number of nitrogens with one attached hydrogen (secondary N) is 2. The maximum Gasteiger partial charge on any atom is 0.254 e. The van der Waals surface area contributed by atoms with Gasteiger partial charge in [-0.15, -0.1) is 0 Å². The summed E-state index contributed by atoms with van der Waals surface area (Å²) >= 11 is 0. The number of carbonyl (C=O) groups is 2. The summed E-state index contributed by atoms with van der Waals surface area (Å²) in [6.45, 7) is 3.26. The number of imidazole rings is 1. The second kappa shape index (κ2) is 7.23. The summed E-state index contributed by atoms with van der Waals surface area (Å²) in [4.78, 5) is 34.3. The van der Waals surface area contributed by atoms with Crippen molar-refractivity contribution in [2.24, 2.45) is 0 Å². The van der Waals surface area contributed by atoms with E-state index in [1.165, 1.54) is 0 Å². The summed E-state index contributed by atoms with van der Waals surface area (Å²) in [7, 11) is 0. The van der Waals surface area contributed by atoms with Gasteiger partial charge in [-0.05, 0) is 49.6 Å². The summed E-state index contributed by atoms with van der Waals surface area (Å²) in [6.07, 6.45) is 3.14. The standard InChI is InChI=1S/C21H22N4O2/c1-14-4-2-3-5-17(14)21(27)25-10-8-16(9-11-25)24-20(26)15-6-7-18-19(12-15)23-13-22-18/h2-7,12-13,16H,8-11H2,1H3,(H,22,23)(H,24,26). The molecule has 0 spiro atoms. The summed E-state index contributed by atoms with van der Waals surface area (Å²) < 4.78 is 0. The van der Waals surface area contributed by atoms with Crippen LogP contribution in [-0.2, 0) is 0 Å². The Balaban J connectivity index is 1.35. The third-order valence-electron chi connectivity index (χ3n) is 5.18. The van der Waals surface area contributed by atoms with Crippen LogP contribution in [0.2, 0.25) is 0 Å². The van der Waals surface area contributed by atoms with Crippen LogP contribution in [0.4, 0.5) is 0 Å². The molecule has 0 unspecified atom stereocenters. The molecule has 1 aliphatic heterocycles. The Morgan fingerprint density at radius 2 is 1.93 bits per heavy atom. The van der Waals surface area contributed by atoms with Crippen LogP contribution in [0.5, 0.6) is 0 Å². The summed E-state index contributed by atoms with van der Waals surface area (Å²) in [5.41, 5.74) is 4.06. The van der Waals surface area contributed by atoms with Crippen LogP contribution in [0.25, 0.3) is 11.0 Å². The van der Waals surface area contributed by atoms with Gasteiger partial charge in [-0.3, -0.25) is 9.59 Å². The topological polar surface area (TPSA) is 78.1 Å². The van der Waals surface area contributed by atoms with Crippen LogP contribution in [-0.4, -0.2) is 45.8 Å². The molecule has 138 valence electrons. The Hall–Kier alpha value is -3.15. The van der Waals surface area contributed by atoms with Gasteiger partial charge in [-0.25, -0.2) is 4.98 Å². The number of hydrogen-bond acceptors (Lipinski definition) is 3. The number of aromatic amines is 1. The Kier molecular flexibility index (Phi) is 4.62. The molecule has 0 bridgehead atoms. The number of amides is 2. The molecule has 1 saturated heterocycles. The summed E-state index contributed by atoms with van der Waals surface area (Å²) in [5, 5.41) is 3.09. The molecule has 6 heteroatoms. The summed E-state index contributed by atoms with van der Waals surface area (Å²) in [5.74, 6) is -0.0160. The van der Waals surface area contributed by atoms with Gasteiger partial charge < -0.3 is 15.2 Å². The first-order valence-corrected chi connectivity index (χ1v) is 9.21. The Bertz CT molecular complexity index is 987. The zero-order valence-electron chi connectivity index (χ0n) is 15.2. The summed E-state index contributed by atoms with van der Waals surface area (Å²) in [6, 6.07) is 13.2. The van der Waals surface area contributed by atoms with Gasteiger partial charge in [0.15, 0.2) is 0 Å². The van der Waals surface area contributed by atoms with E-state index in [4.69, 9.17) is 0 Å². The van der Waals surface area contributed by atoms with Crippen molar-refractivity contribution in [3.05, 3.63) is 65.5 Å². The van der Waals surface area contributed by atoms with E-state index in [0.717, 1.165) is 35.0 Å². The molecule has 1 aliphatic rings. The van der Waals surface area contributed by atoms with Crippen molar-refractivity contribution in [1.82, 2.24) is 20.2 Å². The second-order valence-electron chi connectivity index (χ2n) is 6.99. The van der Waals surface area contributed by atoms with Gasteiger partial charge in [0.1, 0.15) is 0 Å². The maximum absolute atomic E-state index is 12.7. The molecule has 0 saturated carbocycles. The van der Waals surface area contributed by atoms with E-state index in [1.54, 1.807) is 12.4 Å². The first kappa shape index (κ1) is 17.3. The second-order valence-corrected chi connectivity index (χ2v) is 6.99. The third kappa shape index (κ3) is 3.56. The van der Waals surface area contributed by atoms with Gasteiger partial charge in [0, 0.05) is 30.3 Å². The van der Waals surface area contributed by atoms with E-state index in [-0.39, 0.29) is 17.9 Å². The van der Waals surface area contributed by atoms with Crippen molar-refractivity contribution < 1.29 is 9.59 Å². The minimum absolute atomic E-state index is 0.0718. The van der Waals surface area contributed by atoms with Crippen LogP contribution < -0.4 is 5.32 Å². The molecule has 0 radical (unpaired) electrons. The predicted octanol–water partition coefficient (Wildman–Crippen LogP) is 2.91. The van der Waals surface area contributed by atoms with Crippen LogP contribution in [0.15, 0.2) is 48.8 Å². The Labute approximate surface area is 157 Å². The van der Waals surface area contributed by atoms with Crippen molar-refractivity contribution >= 4 is 22.8 Å². The fraction of sp³-hybridized carbons (Fsp3) is 0.286. The first-order chi connectivity index (χ1) is 13.1. The molecule has 3 aromatic rings. The number of carbonyl (C=O) groups excluding carboxylic acids is 2. The highest BCUT2D eigenvalue weighted by Crippen LogP contribution is 2.17. The molecule has 0 aliphatic carbocycles. The van der Waals surface area contributed by atoms with Gasteiger partial charge >= 0.3 is 0 Å². The van der Waals surface area contributed by atoms with E-state index in [2.05, 4.69) is 15.3 Å². The number of aromatic nitrogens is 2. The van der Waals surface area contributed by atoms with E-state index < -0.39 is 0 Å². The van der Waals surface area contributed by atoms with Crippen molar-refractivity contribution in [2.75, 3.05) is 13.1 Å². The molecule has 0 atom stereocenters. The highest BCUT2D eigenvalue weighted by Gasteiger charge is 2.25. The predicted molar refractivity (Wildman–Crippen MR) is 104 cm³/mol. The van der Waals surface area contributed by atoms with E-state index in [1.807, 2.05) is 48.2 Å². The molecule has 2 heterocycles. The highest BCUT2D eigenvalue weighted by atomic mass is 16.2. The Morgan fingerprint density at radius 3 is 2.70 bits per heavy atom. The monoisotopic (exact) mass is 362 g/mol. The van der Waals surface area contributed by atoms with Crippen molar-refractivity contribution in [3.63, 3.8) is 0 Å². The fourth-order valence-electron chi connectivity index (χ4n) is 3.56. The van der Waals surface area contributed by atoms with Gasteiger partial charge in [0.25, 0.3) is 11.8 Å². The number of benzene rings is 2. The number of likely N-dealkylation sites (tertiary alicyclic amines) is 1. The lowest BCUT2D eigenvalue weighted by atomic mass is 10.0. The molecular formula is C21H22N4O2. The van der Waals surface area contributed by atoms with Crippen molar-refractivity contribution in [3.8, 4) is 0 Å². The van der Waals surface area contributed by atoms with Crippen LogP contribution in [0, 0.1) is 6.92 Å². The minimum atomic E-state index is -0.0878. The van der Waals surface area contributed by atoms with Gasteiger partial charge in [0.05, 0.1) is 17.4 Å². The lowest BCUT2D eigenvalue weighted by molar-refractivity contribution is 0.0697. The van der Waals surface area contributed by atoms with E-state index >= 15 is 0 Å².